The fourth-order valence-corrected chi connectivity index (χ4v) is 2.53. The number of aliphatic hydroxyl groups is 1. The van der Waals surface area contributed by atoms with Crippen LogP contribution in [-0.2, 0) is 0 Å². The van der Waals surface area contributed by atoms with Crippen LogP contribution in [0.25, 0.3) is 0 Å². The highest BCUT2D eigenvalue weighted by Gasteiger charge is 2.21. The molecular weight excluding hydrogens is 280 g/mol. The van der Waals surface area contributed by atoms with Gasteiger partial charge in [-0.1, -0.05) is 22.0 Å². The van der Waals surface area contributed by atoms with Crippen LogP contribution >= 0.6 is 15.9 Å². The maximum Gasteiger partial charge on any atom is 0.0839 e. The molecule has 1 aliphatic rings. The average Bonchev–Trinajstić information content (AvgIpc) is 2.45. The van der Waals surface area contributed by atoms with Gasteiger partial charge in [-0.05, 0) is 31.5 Å². The van der Waals surface area contributed by atoms with Gasteiger partial charge in [-0.25, -0.2) is 0 Å². The molecule has 0 radical (unpaired) electrons. The lowest BCUT2D eigenvalue weighted by atomic mass is 10.1. The fourth-order valence-electron chi connectivity index (χ4n) is 2.16. The standard InChI is InChI=1S/C13H19BrN2O/c1-9-3-4-11(5-13(9)14)16-8-12(17)7-15-6-10(16)2/h3-5,10,12,15,17H,6-8H2,1-2H3. The summed E-state index contributed by atoms with van der Waals surface area (Å²) >= 11 is 3.56. The summed E-state index contributed by atoms with van der Waals surface area (Å²) in [5.41, 5.74) is 2.40. The van der Waals surface area contributed by atoms with Crippen LogP contribution in [0.2, 0.25) is 0 Å². The molecule has 17 heavy (non-hydrogen) atoms. The Labute approximate surface area is 111 Å². The molecule has 2 unspecified atom stereocenters. The minimum Gasteiger partial charge on any atom is -0.390 e. The molecule has 0 aromatic heterocycles. The van der Waals surface area contributed by atoms with Gasteiger partial charge >= 0.3 is 0 Å². The number of hydrogen-bond acceptors (Lipinski definition) is 3. The van der Waals surface area contributed by atoms with E-state index in [1.54, 1.807) is 0 Å². The summed E-state index contributed by atoms with van der Waals surface area (Å²) in [6.45, 7) is 6.52. The second-order valence-electron chi connectivity index (χ2n) is 4.75. The third kappa shape index (κ3) is 3.00. The van der Waals surface area contributed by atoms with Gasteiger partial charge in [0.05, 0.1) is 6.10 Å². The number of nitrogens with zero attached hydrogens (tertiary/aromatic N) is 1. The predicted molar refractivity (Wildman–Crippen MR) is 74.6 cm³/mol. The van der Waals surface area contributed by atoms with Crippen LogP contribution in [0.3, 0.4) is 0 Å². The van der Waals surface area contributed by atoms with Crippen LogP contribution in [0, 0.1) is 6.92 Å². The minimum absolute atomic E-state index is 0.306. The summed E-state index contributed by atoms with van der Waals surface area (Å²) in [7, 11) is 0. The molecule has 0 amide bonds. The first-order valence-corrected chi connectivity index (χ1v) is 6.79. The van der Waals surface area contributed by atoms with E-state index in [1.165, 1.54) is 5.56 Å². The second kappa shape index (κ2) is 5.38. The number of β-amino-alcohol motifs (C(OH)–C–C–N with tert-alkyl or cyclic N) is 1. The molecule has 1 aliphatic heterocycles. The van der Waals surface area contributed by atoms with Crippen LogP contribution < -0.4 is 10.2 Å². The van der Waals surface area contributed by atoms with E-state index >= 15 is 0 Å². The van der Waals surface area contributed by atoms with E-state index < -0.39 is 0 Å². The number of aryl methyl sites for hydroxylation is 1. The molecular formula is C13H19BrN2O. The Kier molecular flexibility index (Phi) is 4.07. The van der Waals surface area contributed by atoms with Crippen molar-refractivity contribution in [2.75, 3.05) is 24.5 Å². The molecule has 1 heterocycles. The number of hydrogen-bond donors (Lipinski definition) is 2. The first kappa shape index (κ1) is 12.9. The van der Waals surface area contributed by atoms with Gasteiger partial charge in [0, 0.05) is 35.8 Å². The summed E-state index contributed by atoms with van der Waals surface area (Å²) in [4.78, 5) is 2.26. The Hall–Kier alpha value is -0.580. The first-order valence-electron chi connectivity index (χ1n) is 5.99. The van der Waals surface area contributed by atoms with Crippen molar-refractivity contribution < 1.29 is 5.11 Å². The SMILES string of the molecule is Cc1ccc(N2CC(O)CNCC2C)cc1Br. The number of rotatable bonds is 1. The van der Waals surface area contributed by atoms with Crippen LogP contribution in [0.15, 0.2) is 22.7 Å². The Balaban J connectivity index is 2.26. The van der Waals surface area contributed by atoms with Gasteiger partial charge in [0.25, 0.3) is 0 Å². The monoisotopic (exact) mass is 298 g/mol. The number of aliphatic hydroxyl groups excluding tert-OH is 1. The smallest absolute Gasteiger partial charge is 0.0839 e. The zero-order valence-corrected chi connectivity index (χ0v) is 11.9. The summed E-state index contributed by atoms with van der Waals surface area (Å²) < 4.78 is 1.12. The largest absolute Gasteiger partial charge is 0.390 e. The number of halogens is 1. The number of anilines is 1. The predicted octanol–water partition coefficient (Wildman–Crippen LogP) is 1.92. The Morgan fingerprint density at radius 1 is 1.41 bits per heavy atom. The van der Waals surface area contributed by atoms with Gasteiger partial charge < -0.3 is 15.3 Å². The van der Waals surface area contributed by atoms with Gasteiger partial charge in [-0.3, -0.25) is 0 Å². The first-order chi connectivity index (χ1) is 8.08. The zero-order chi connectivity index (χ0) is 12.4. The fraction of sp³-hybridized carbons (Fsp3) is 0.538. The number of benzene rings is 1. The molecule has 2 rings (SSSR count). The average molecular weight is 299 g/mol. The maximum absolute atomic E-state index is 9.85. The van der Waals surface area contributed by atoms with Gasteiger partial charge in [-0.15, -0.1) is 0 Å². The van der Waals surface area contributed by atoms with Crippen LogP contribution in [-0.4, -0.2) is 36.9 Å². The molecule has 1 aromatic rings. The van der Waals surface area contributed by atoms with Crippen LogP contribution in [0.1, 0.15) is 12.5 Å². The Morgan fingerprint density at radius 2 is 2.18 bits per heavy atom. The summed E-state index contributed by atoms with van der Waals surface area (Å²) in [5, 5.41) is 13.1. The third-order valence-electron chi connectivity index (χ3n) is 3.25. The molecule has 0 saturated carbocycles. The molecule has 2 atom stereocenters. The summed E-state index contributed by atoms with van der Waals surface area (Å²) in [6, 6.07) is 6.75. The topological polar surface area (TPSA) is 35.5 Å². The molecule has 1 fully saturated rings. The van der Waals surface area contributed by atoms with Crippen molar-refractivity contribution in [3.05, 3.63) is 28.2 Å². The highest BCUT2D eigenvalue weighted by molar-refractivity contribution is 9.10. The van der Waals surface area contributed by atoms with Gasteiger partial charge in [0.2, 0.25) is 0 Å². The van der Waals surface area contributed by atoms with Crippen molar-refractivity contribution in [2.45, 2.75) is 26.0 Å². The van der Waals surface area contributed by atoms with Crippen molar-refractivity contribution in [3.8, 4) is 0 Å². The van der Waals surface area contributed by atoms with Crippen molar-refractivity contribution in [3.63, 3.8) is 0 Å². The maximum atomic E-state index is 9.85. The van der Waals surface area contributed by atoms with Crippen molar-refractivity contribution in [1.29, 1.82) is 0 Å². The molecule has 94 valence electrons. The molecule has 0 spiro atoms. The highest BCUT2D eigenvalue weighted by atomic mass is 79.9. The van der Waals surface area contributed by atoms with E-state index in [0.29, 0.717) is 19.1 Å². The summed E-state index contributed by atoms with van der Waals surface area (Å²) in [6.07, 6.45) is -0.306. The molecule has 4 heteroatoms. The van der Waals surface area contributed by atoms with E-state index in [-0.39, 0.29) is 6.10 Å². The highest BCUT2D eigenvalue weighted by Crippen LogP contribution is 2.25. The quantitative estimate of drug-likeness (QED) is 0.831. The normalized spacial score (nSPS) is 25.8. The molecule has 1 aromatic carbocycles. The lowest BCUT2D eigenvalue weighted by molar-refractivity contribution is 0.184. The summed E-state index contributed by atoms with van der Waals surface area (Å²) in [5.74, 6) is 0. The lowest BCUT2D eigenvalue weighted by Gasteiger charge is -2.30. The van der Waals surface area contributed by atoms with Gasteiger partial charge in [0.15, 0.2) is 0 Å². The third-order valence-corrected chi connectivity index (χ3v) is 4.10. The number of nitrogens with one attached hydrogen (secondary N) is 1. The molecule has 0 aliphatic carbocycles. The zero-order valence-electron chi connectivity index (χ0n) is 10.3. The molecule has 3 nitrogen and oxygen atoms in total. The van der Waals surface area contributed by atoms with Crippen molar-refractivity contribution in [1.82, 2.24) is 5.32 Å². The van der Waals surface area contributed by atoms with Crippen LogP contribution in [0.4, 0.5) is 5.69 Å². The van der Waals surface area contributed by atoms with E-state index in [2.05, 4.69) is 58.2 Å². The van der Waals surface area contributed by atoms with E-state index in [0.717, 1.165) is 16.7 Å². The molecule has 1 saturated heterocycles. The van der Waals surface area contributed by atoms with E-state index in [4.69, 9.17) is 0 Å². The molecule has 0 bridgehead atoms. The minimum atomic E-state index is -0.306. The van der Waals surface area contributed by atoms with Gasteiger partial charge in [-0.2, -0.15) is 0 Å². The van der Waals surface area contributed by atoms with Crippen molar-refractivity contribution in [2.24, 2.45) is 0 Å². The second-order valence-corrected chi connectivity index (χ2v) is 5.60. The molecule has 2 N–H and O–H groups in total. The van der Waals surface area contributed by atoms with Crippen molar-refractivity contribution >= 4 is 21.6 Å². The lowest BCUT2D eigenvalue weighted by Crippen LogP contribution is -2.39. The van der Waals surface area contributed by atoms with Crippen LogP contribution in [0.5, 0.6) is 0 Å². The van der Waals surface area contributed by atoms with E-state index in [9.17, 15) is 5.11 Å². The Morgan fingerprint density at radius 3 is 2.88 bits per heavy atom. The van der Waals surface area contributed by atoms with Gasteiger partial charge in [0.1, 0.15) is 0 Å². The van der Waals surface area contributed by atoms with E-state index in [1.807, 2.05) is 0 Å². The Bertz CT molecular complexity index is 397.